The lowest BCUT2D eigenvalue weighted by atomic mass is 9.95. The van der Waals surface area contributed by atoms with E-state index in [1.807, 2.05) is 30.3 Å². The molecule has 28 heavy (non-hydrogen) atoms. The quantitative estimate of drug-likeness (QED) is 0.624. The SMILES string of the molecule is NCCCC[C@H]1C(=O)N2CCC[C@H]2C(=O)N1[C@@H](CCc1ccccc1)C(=O)O. The smallest absolute Gasteiger partial charge is 0.326 e. The number of aliphatic carboxylic acids is 1. The van der Waals surface area contributed by atoms with Crippen LogP contribution in [0.5, 0.6) is 0 Å². The molecule has 2 aliphatic heterocycles. The fourth-order valence-corrected chi connectivity index (χ4v) is 4.37. The Kier molecular flexibility index (Phi) is 6.67. The molecule has 2 saturated heterocycles. The highest BCUT2D eigenvalue weighted by molar-refractivity contribution is 5.99. The zero-order chi connectivity index (χ0) is 20.1. The molecule has 2 fully saturated rings. The highest BCUT2D eigenvalue weighted by Gasteiger charge is 2.50. The minimum absolute atomic E-state index is 0.106. The van der Waals surface area contributed by atoms with Crippen LogP contribution in [0.4, 0.5) is 0 Å². The molecule has 0 aromatic heterocycles. The maximum Gasteiger partial charge on any atom is 0.326 e. The molecule has 2 heterocycles. The minimum atomic E-state index is -1.05. The number of hydrogen-bond acceptors (Lipinski definition) is 4. The molecule has 0 saturated carbocycles. The number of fused-ring (bicyclic) bond motifs is 1. The van der Waals surface area contributed by atoms with E-state index in [0.717, 1.165) is 18.4 Å². The molecular formula is C21H29N3O4. The third-order valence-corrected chi connectivity index (χ3v) is 5.80. The van der Waals surface area contributed by atoms with Crippen molar-refractivity contribution >= 4 is 17.8 Å². The second-order valence-corrected chi connectivity index (χ2v) is 7.61. The summed E-state index contributed by atoms with van der Waals surface area (Å²) in [4.78, 5) is 41.4. The summed E-state index contributed by atoms with van der Waals surface area (Å²) < 4.78 is 0. The van der Waals surface area contributed by atoms with E-state index in [1.165, 1.54) is 4.90 Å². The molecule has 0 unspecified atom stereocenters. The Morgan fingerprint density at radius 2 is 1.93 bits per heavy atom. The van der Waals surface area contributed by atoms with Gasteiger partial charge in [-0.2, -0.15) is 0 Å². The second-order valence-electron chi connectivity index (χ2n) is 7.61. The van der Waals surface area contributed by atoms with Crippen molar-refractivity contribution in [2.75, 3.05) is 13.1 Å². The molecule has 0 aliphatic carbocycles. The summed E-state index contributed by atoms with van der Waals surface area (Å²) in [6.45, 7) is 1.09. The molecule has 0 radical (unpaired) electrons. The number of benzene rings is 1. The lowest BCUT2D eigenvalue weighted by Crippen LogP contribution is -2.66. The van der Waals surface area contributed by atoms with Crippen molar-refractivity contribution in [2.24, 2.45) is 5.73 Å². The molecule has 0 spiro atoms. The van der Waals surface area contributed by atoms with Crippen LogP contribution in [-0.2, 0) is 20.8 Å². The Labute approximate surface area is 165 Å². The van der Waals surface area contributed by atoms with E-state index in [1.54, 1.807) is 4.90 Å². The number of carboxylic acids is 1. The number of carboxylic acid groups (broad SMARTS) is 1. The van der Waals surface area contributed by atoms with Crippen LogP contribution in [-0.4, -0.2) is 63.9 Å². The van der Waals surface area contributed by atoms with E-state index in [4.69, 9.17) is 5.73 Å². The van der Waals surface area contributed by atoms with Gasteiger partial charge in [-0.05, 0) is 57.1 Å². The number of hydrogen-bond donors (Lipinski definition) is 2. The lowest BCUT2D eigenvalue weighted by Gasteiger charge is -2.45. The van der Waals surface area contributed by atoms with Gasteiger partial charge in [-0.25, -0.2) is 4.79 Å². The van der Waals surface area contributed by atoms with Crippen LogP contribution in [0.15, 0.2) is 30.3 Å². The highest BCUT2D eigenvalue weighted by atomic mass is 16.4. The monoisotopic (exact) mass is 387 g/mol. The topological polar surface area (TPSA) is 104 Å². The van der Waals surface area contributed by atoms with Crippen molar-refractivity contribution in [2.45, 2.75) is 63.1 Å². The Morgan fingerprint density at radius 1 is 1.18 bits per heavy atom. The normalized spacial score (nSPS) is 23.0. The van der Waals surface area contributed by atoms with Crippen molar-refractivity contribution in [3.05, 3.63) is 35.9 Å². The number of aryl methyl sites for hydroxylation is 1. The van der Waals surface area contributed by atoms with Crippen LogP contribution in [0.1, 0.15) is 44.1 Å². The van der Waals surface area contributed by atoms with Gasteiger partial charge in [-0.3, -0.25) is 9.59 Å². The van der Waals surface area contributed by atoms with Crippen LogP contribution >= 0.6 is 0 Å². The third-order valence-electron chi connectivity index (χ3n) is 5.80. The number of carbonyl (C=O) groups is 3. The van der Waals surface area contributed by atoms with Crippen molar-refractivity contribution in [3.63, 3.8) is 0 Å². The first-order valence-corrected chi connectivity index (χ1v) is 10.1. The zero-order valence-corrected chi connectivity index (χ0v) is 16.1. The van der Waals surface area contributed by atoms with Gasteiger partial charge in [0.1, 0.15) is 18.1 Å². The number of nitrogens with two attached hydrogens (primary N) is 1. The molecular weight excluding hydrogens is 358 g/mol. The maximum absolute atomic E-state index is 13.2. The van der Waals surface area contributed by atoms with E-state index in [9.17, 15) is 19.5 Å². The van der Waals surface area contributed by atoms with E-state index in [-0.39, 0.29) is 11.8 Å². The Balaban J connectivity index is 1.83. The number of nitrogens with zero attached hydrogens (tertiary/aromatic N) is 2. The van der Waals surface area contributed by atoms with E-state index in [0.29, 0.717) is 45.2 Å². The molecule has 1 aromatic carbocycles. The molecule has 2 aliphatic rings. The standard InChI is InChI=1S/C21H29N3O4/c22-13-5-4-9-17-19(25)23-14-6-10-16(23)20(26)24(17)18(21(27)28)12-11-15-7-2-1-3-8-15/h1-3,7-8,16-18H,4-6,9-14,22H2,(H,27,28)/t16-,17-,18-/m0/s1. The predicted molar refractivity (Wildman–Crippen MR) is 104 cm³/mol. The fraction of sp³-hybridized carbons (Fsp3) is 0.571. The summed E-state index contributed by atoms with van der Waals surface area (Å²) in [5, 5.41) is 9.90. The predicted octanol–water partition coefficient (Wildman–Crippen LogP) is 1.40. The van der Waals surface area contributed by atoms with Crippen LogP contribution in [0.2, 0.25) is 0 Å². The number of unbranched alkanes of at least 4 members (excludes halogenated alkanes) is 1. The van der Waals surface area contributed by atoms with E-state index >= 15 is 0 Å². The van der Waals surface area contributed by atoms with Gasteiger partial charge >= 0.3 is 5.97 Å². The van der Waals surface area contributed by atoms with Gasteiger partial charge in [0.25, 0.3) is 0 Å². The van der Waals surface area contributed by atoms with Crippen molar-refractivity contribution in [1.29, 1.82) is 0 Å². The average Bonchev–Trinajstić information content (AvgIpc) is 3.18. The minimum Gasteiger partial charge on any atom is -0.480 e. The number of carbonyl (C=O) groups excluding carboxylic acids is 2. The Bertz CT molecular complexity index is 709. The van der Waals surface area contributed by atoms with Crippen molar-refractivity contribution < 1.29 is 19.5 Å². The summed E-state index contributed by atoms with van der Waals surface area (Å²) >= 11 is 0. The van der Waals surface area contributed by atoms with Gasteiger partial charge in [-0.1, -0.05) is 30.3 Å². The first-order chi connectivity index (χ1) is 13.5. The number of amides is 2. The lowest BCUT2D eigenvalue weighted by molar-refractivity contribution is -0.168. The molecule has 2 amide bonds. The summed E-state index contributed by atoms with van der Waals surface area (Å²) in [5.41, 5.74) is 6.60. The molecule has 3 N–H and O–H groups in total. The van der Waals surface area contributed by atoms with Gasteiger partial charge in [0, 0.05) is 6.54 Å². The molecule has 1 aromatic rings. The van der Waals surface area contributed by atoms with Gasteiger partial charge in [0.15, 0.2) is 0 Å². The van der Waals surface area contributed by atoms with Gasteiger partial charge in [0.2, 0.25) is 11.8 Å². The molecule has 152 valence electrons. The van der Waals surface area contributed by atoms with Gasteiger partial charge in [0.05, 0.1) is 0 Å². The Morgan fingerprint density at radius 3 is 2.61 bits per heavy atom. The molecule has 0 bridgehead atoms. The summed E-state index contributed by atoms with van der Waals surface area (Å²) in [7, 11) is 0. The average molecular weight is 387 g/mol. The van der Waals surface area contributed by atoms with Crippen LogP contribution in [0.25, 0.3) is 0 Å². The largest absolute Gasteiger partial charge is 0.480 e. The molecule has 7 nitrogen and oxygen atoms in total. The highest BCUT2D eigenvalue weighted by Crippen LogP contribution is 2.31. The van der Waals surface area contributed by atoms with Crippen LogP contribution in [0.3, 0.4) is 0 Å². The van der Waals surface area contributed by atoms with Crippen molar-refractivity contribution in [1.82, 2.24) is 9.80 Å². The maximum atomic E-state index is 13.2. The second kappa shape index (κ2) is 9.19. The van der Waals surface area contributed by atoms with Crippen LogP contribution in [0, 0.1) is 0 Å². The Hall–Kier alpha value is -2.41. The third kappa shape index (κ3) is 4.19. The zero-order valence-electron chi connectivity index (χ0n) is 16.1. The molecule has 3 rings (SSSR count). The number of rotatable bonds is 9. The van der Waals surface area contributed by atoms with Gasteiger partial charge in [-0.15, -0.1) is 0 Å². The summed E-state index contributed by atoms with van der Waals surface area (Å²) in [6, 6.07) is 7.41. The molecule has 7 heteroatoms. The van der Waals surface area contributed by atoms with E-state index in [2.05, 4.69) is 0 Å². The molecule has 3 atom stereocenters. The first kappa shape index (κ1) is 20.3. The summed E-state index contributed by atoms with van der Waals surface area (Å²) in [6.07, 6.45) is 4.13. The van der Waals surface area contributed by atoms with Gasteiger partial charge < -0.3 is 20.6 Å². The number of piperazine rings is 1. The first-order valence-electron chi connectivity index (χ1n) is 10.1. The van der Waals surface area contributed by atoms with Crippen LogP contribution < -0.4 is 5.73 Å². The fourth-order valence-electron chi connectivity index (χ4n) is 4.37. The van der Waals surface area contributed by atoms with Crippen molar-refractivity contribution in [3.8, 4) is 0 Å². The van der Waals surface area contributed by atoms with E-state index < -0.39 is 24.1 Å². The summed E-state index contributed by atoms with van der Waals surface area (Å²) in [5.74, 6) is -1.37.